The van der Waals surface area contributed by atoms with Crippen LogP contribution in [0.2, 0.25) is 5.02 Å². The van der Waals surface area contributed by atoms with Gasteiger partial charge in [0.1, 0.15) is 12.4 Å². The van der Waals surface area contributed by atoms with Crippen LogP contribution in [0.25, 0.3) is 0 Å². The third-order valence-electron chi connectivity index (χ3n) is 2.90. The number of benzene rings is 2. The molecule has 0 amide bonds. The molecule has 0 atom stereocenters. The fourth-order valence-electron chi connectivity index (χ4n) is 1.82. The third kappa shape index (κ3) is 3.75. The van der Waals surface area contributed by atoms with Gasteiger partial charge < -0.3 is 9.47 Å². The van der Waals surface area contributed by atoms with Crippen LogP contribution in [0, 0.1) is 0 Å². The van der Waals surface area contributed by atoms with Gasteiger partial charge in [-0.15, -0.1) is 0 Å². The average molecular weight is 291 g/mol. The van der Waals surface area contributed by atoms with E-state index >= 15 is 0 Å². The Morgan fingerprint density at radius 3 is 2.40 bits per heavy atom. The summed E-state index contributed by atoms with van der Waals surface area (Å²) in [7, 11) is 1.38. The van der Waals surface area contributed by atoms with Gasteiger partial charge in [-0.3, -0.25) is 4.79 Å². The lowest BCUT2D eigenvalue weighted by molar-refractivity contribution is -0.139. The molecule has 0 saturated carbocycles. The minimum absolute atomic E-state index is 0.235. The average Bonchev–Trinajstić information content (AvgIpc) is 2.47. The van der Waals surface area contributed by atoms with Crippen LogP contribution in [0.15, 0.2) is 48.5 Å². The highest BCUT2D eigenvalue weighted by molar-refractivity contribution is 6.32. The topological polar surface area (TPSA) is 35.5 Å². The molecule has 0 radical (unpaired) electrons. The zero-order valence-corrected chi connectivity index (χ0v) is 11.9. The molecule has 0 N–H and O–H groups in total. The van der Waals surface area contributed by atoms with E-state index in [1.54, 1.807) is 6.07 Å². The number of hydrogen-bond donors (Lipinski definition) is 0. The zero-order chi connectivity index (χ0) is 14.4. The number of ether oxygens (including phenoxy) is 2. The lowest BCUT2D eigenvalue weighted by Gasteiger charge is -2.11. The van der Waals surface area contributed by atoms with Gasteiger partial charge in [-0.1, -0.05) is 48.0 Å². The molecule has 0 aliphatic heterocycles. The molecule has 4 heteroatoms. The Bertz CT molecular complexity index is 596. The Hall–Kier alpha value is -2.00. The molecule has 2 aromatic rings. The molecule has 0 unspecified atom stereocenters. The molecule has 0 aliphatic carbocycles. The summed E-state index contributed by atoms with van der Waals surface area (Å²) in [5.74, 6) is 0.359. The standard InChI is InChI=1S/C16H15ClO3/c1-19-16(18)10-12-6-2-3-7-13(12)11-20-15-9-5-4-8-14(15)17/h2-9H,10-11H2,1H3. The van der Waals surface area contributed by atoms with Gasteiger partial charge in [0.2, 0.25) is 0 Å². The highest BCUT2D eigenvalue weighted by Crippen LogP contribution is 2.24. The Kier molecular flexibility index (Phi) is 5.02. The molecule has 0 aromatic heterocycles. The fraction of sp³-hybridized carbons (Fsp3) is 0.188. The van der Waals surface area contributed by atoms with Crippen molar-refractivity contribution in [3.63, 3.8) is 0 Å². The third-order valence-corrected chi connectivity index (χ3v) is 3.21. The lowest BCUT2D eigenvalue weighted by Crippen LogP contribution is -2.08. The number of halogens is 1. The first-order valence-corrected chi connectivity index (χ1v) is 6.59. The molecule has 0 fully saturated rings. The minimum atomic E-state index is -0.268. The van der Waals surface area contributed by atoms with Crippen LogP contribution in [-0.2, 0) is 22.6 Å². The van der Waals surface area contributed by atoms with Crippen LogP contribution in [0.5, 0.6) is 5.75 Å². The summed E-state index contributed by atoms with van der Waals surface area (Å²) in [6, 6.07) is 14.9. The van der Waals surface area contributed by atoms with Gasteiger partial charge in [-0.05, 0) is 23.3 Å². The summed E-state index contributed by atoms with van der Waals surface area (Å²) in [5.41, 5.74) is 1.84. The Labute approximate surface area is 123 Å². The van der Waals surface area contributed by atoms with E-state index in [9.17, 15) is 4.79 Å². The number of carbonyl (C=O) groups excluding carboxylic acids is 1. The van der Waals surface area contributed by atoms with E-state index < -0.39 is 0 Å². The van der Waals surface area contributed by atoms with Crippen molar-refractivity contribution in [1.82, 2.24) is 0 Å². The molecular weight excluding hydrogens is 276 g/mol. The molecule has 3 nitrogen and oxygen atoms in total. The van der Waals surface area contributed by atoms with Gasteiger partial charge in [-0.2, -0.15) is 0 Å². The minimum Gasteiger partial charge on any atom is -0.487 e. The Morgan fingerprint density at radius 1 is 1.05 bits per heavy atom. The first-order valence-electron chi connectivity index (χ1n) is 6.21. The molecule has 20 heavy (non-hydrogen) atoms. The largest absolute Gasteiger partial charge is 0.487 e. The maximum Gasteiger partial charge on any atom is 0.309 e. The maximum atomic E-state index is 11.4. The van der Waals surface area contributed by atoms with E-state index in [2.05, 4.69) is 0 Å². The van der Waals surface area contributed by atoms with Gasteiger partial charge in [-0.25, -0.2) is 0 Å². The molecule has 0 aliphatic rings. The predicted octanol–water partition coefficient (Wildman–Crippen LogP) is 3.63. The van der Waals surface area contributed by atoms with E-state index in [-0.39, 0.29) is 12.4 Å². The van der Waals surface area contributed by atoms with Gasteiger partial charge in [0.15, 0.2) is 0 Å². The van der Waals surface area contributed by atoms with Crippen molar-refractivity contribution in [3.05, 3.63) is 64.7 Å². The molecule has 2 rings (SSSR count). The number of methoxy groups -OCH3 is 1. The molecular formula is C16H15ClO3. The highest BCUT2D eigenvalue weighted by atomic mass is 35.5. The second-order valence-electron chi connectivity index (χ2n) is 4.24. The maximum absolute atomic E-state index is 11.4. The smallest absolute Gasteiger partial charge is 0.309 e. The number of para-hydroxylation sites is 1. The van der Waals surface area contributed by atoms with Crippen LogP contribution in [0.4, 0.5) is 0 Å². The highest BCUT2D eigenvalue weighted by Gasteiger charge is 2.09. The zero-order valence-electron chi connectivity index (χ0n) is 11.1. The van der Waals surface area contributed by atoms with Crippen molar-refractivity contribution < 1.29 is 14.3 Å². The van der Waals surface area contributed by atoms with Crippen molar-refractivity contribution in [2.24, 2.45) is 0 Å². The first-order chi connectivity index (χ1) is 9.70. The van der Waals surface area contributed by atoms with Gasteiger partial charge in [0.25, 0.3) is 0 Å². The van der Waals surface area contributed by atoms with Crippen LogP contribution in [0.3, 0.4) is 0 Å². The summed E-state index contributed by atoms with van der Waals surface area (Å²) >= 11 is 6.04. The van der Waals surface area contributed by atoms with Crippen molar-refractivity contribution in [2.75, 3.05) is 7.11 Å². The lowest BCUT2D eigenvalue weighted by atomic mass is 10.1. The van der Waals surface area contributed by atoms with Crippen molar-refractivity contribution in [2.45, 2.75) is 13.0 Å². The van der Waals surface area contributed by atoms with Crippen molar-refractivity contribution in [3.8, 4) is 5.75 Å². The summed E-state index contributed by atoms with van der Waals surface area (Å²) < 4.78 is 10.4. The molecule has 2 aromatic carbocycles. The van der Waals surface area contributed by atoms with Crippen LogP contribution in [-0.4, -0.2) is 13.1 Å². The first kappa shape index (κ1) is 14.4. The van der Waals surface area contributed by atoms with E-state index in [0.29, 0.717) is 17.4 Å². The predicted molar refractivity (Wildman–Crippen MR) is 77.9 cm³/mol. The normalized spacial score (nSPS) is 10.1. The summed E-state index contributed by atoms with van der Waals surface area (Å²) in [6.45, 7) is 0.358. The molecule has 0 saturated heterocycles. The molecule has 0 spiro atoms. The number of esters is 1. The van der Waals surface area contributed by atoms with Gasteiger partial charge in [0.05, 0.1) is 18.6 Å². The summed E-state index contributed by atoms with van der Waals surface area (Å²) in [6.07, 6.45) is 0.235. The Morgan fingerprint density at radius 2 is 1.70 bits per heavy atom. The second-order valence-corrected chi connectivity index (χ2v) is 4.65. The monoisotopic (exact) mass is 290 g/mol. The van der Waals surface area contributed by atoms with E-state index in [1.165, 1.54) is 7.11 Å². The number of hydrogen-bond acceptors (Lipinski definition) is 3. The van der Waals surface area contributed by atoms with E-state index in [0.717, 1.165) is 11.1 Å². The van der Waals surface area contributed by atoms with Crippen LogP contribution < -0.4 is 4.74 Å². The van der Waals surface area contributed by atoms with Crippen LogP contribution >= 0.6 is 11.6 Å². The van der Waals surface area contributed by atoms with Gasteiger partial charge in [0, 0.05) is 0 Å². The molecule has 0 heterocycles. The number of rotatable bonds is 5. The van der Waals surface area contributed by atoms with Crippen molar-refractivity contribution in [1.29, 1.82) is 0 Å². The molecule has 0 bridgehead atoms. The van der Waals surface area contributed by atoms with E-state index in [4.69, 9.17) is 21.1 Å². The molecule has 104 valence electrons. The van der Waals surface area contributed by atoms with Gasteiger partial charge >= 0.3 is 5.97 Å². The second kappa shape index (κ2) is 6.96. The summed E-state index contributed by atoms with van der Waals surface area (Å²) in [5, 5.41) is 0.568. The quantitative estimate of drug-likeness (QED) is 0.789. The SMILES string of the molecule is COC(=O)Cc1ccccc1COc1ccccc1Cl. The summed E-state index contributed by atoms with van der Waals surface area (Å²) in [4.78, 5) is 11.4. The van der Waals surface area contributed by atoms with E-state index in [1.807, 2.05) is 42.5 Å². The number of carbonyl (C=O) groups is 1. The van der Waals surface area contributed by atoms with Crippen molar-refractivity contribution >= 4 is 17.6 Å². The fourth-order valence-corrected chi connectivity index (χ4v) is 2.01. The van der Waals surface area contributed by atoms with Crippen LogP contribution in [0.1, 0.15) is 11.1 Å². The Balaban J connectivity index is 2.10.